The summed E-state index contributed by atoms with van der Waals surface area (Å²) in [6, 6.07) is 1.48. The lowest BCUT2D eigenvalue weighted by atomic mass is 9.86. The molecule has 7 heteroatoms. The molecule has 3 heterocycles. The molecule has 2 aromatic heterocycles. The van der Waals surface area contributed by atoms with Gasteiger partial charge < -0.3 is 9.42 Å². The van der Waals surface area contributed by atoms with E-state index in [1.807, 2.05) is 4.90 Å². The third-order valence-electron chi connectivity index (χ3n) is 6.01. The summed E-state index contributed by atoms with van der Waals surface area (Å²) in [6.45, 7) is 2.94. The molecule has 1 atom stereocenters. The van der Waals surface area contributed by atoms with Gasteiger partial charge in [0.05, 0.1) is 11.1 Å². The van der Waals surface area contributed by atoms with Crippen LogP contribution in [0.25, 0.3) is 11.1 Å². The minimum atomic E-state index is -2.61. The van der Waals surface area contributed by atoms with Crippen molar-refractivity contribution in [1.82, 2.24) is 15.0 Å². The van der Waals surface area contributed by atoms with E-state index in [0.717, 1.165) is 45.1 Å². The van der Waals surface area contributed by atoms with Crippen molar-refractivity contribution < 1.29 is 18.1 Å². The molecular weight excluding hydrogens is 352 g/mol. The Kier molecular flexibility index (Phi) is 5.10. The van der Waals surface area contributed by atoms with Crippen LogP contribution in [0.4, 0.5) is 8.78 Å². The number of aryl methyl sites for hydroxylation is 1. The first-order chi connectivity index (χ1) is 13.0. The largest absolute Gasteiger partial charge is 0.342 e. The second kappa shape index (κ2) is 7.52. The predicted octanol–water partition coefficient (Wildman–Crippen LogP) is 4.76. The first-order valence-electron chi connectivity index (χ1n) is 9.88. The smallest absolute Gasteiger partial charge is 0.264 e. The van der Waals surface area contributed by atoms with Crippen molar-refractivity contribution in [1.29, 1.82) is 0 Å². The molecule has 1 aliphatic carbocycles. The fourth-order valence-electron chi connectivity index (χ4n) is 4.56. The highest BCUT2D eigenvalue weighted by Crippen LogP contribution is 2.35. The van der Waals surface area contributed by atoms with E-state index in [4.69, 9.17) is 4.52 Å². The van der Waals surface area contributed by atoms with Crippen LogP contribution in [0.2, 0.25) is 0 Å². The van der Waals surface area contributed by atoms with E-state index in [9.17, 15) is 13.6 Å². The standard InChI is InChI=1S/C20H25F2N3O2/c1-12-17-15(18(21)22)10-16(23-19(17)27-24-12)14-8-5-9-25(11-14)20(26)13-6-3-2-4-7-13/h10,13-14,18H,2-9,11H2,1H3. The molecular formula is C20H25F2N3O2. The van der Waals surface area contributed by atoms with Crippen molar-refractivity contribution in [3.63, 3.8) is 0 Å². The highest BCUT2D eigenvalue weighted by molar-refractivity contribution is 5.81. The number of carbonyl (C=O) groups is 1. The van der Waals surface area contributed by atoms with E-state index in [0.29, 0.717) is 23.3 Å². The van der Waals surface area contributed by atoms with Crippen LogP contribution in [0.15, 0.2) is 10.6 Å². The minimum absolute atomic E-state index is 0.0430. The lowest BCUT2D eigenvalue weighted by Gasteiger charge is -2.35. The molecule has 2 aromatic rings. The Bertz CT molecular complexity index is 830. The van der Waals surface area contributed by atoms with Crippen LogP contribution >= 0.6 is 0 Å². The summed E-state index contributed by atoms with van der Waals surface area (Å²) in [4.78, 5) is 19.3. The van der Waals surface area contributed by atoms with Crippen LogP contribution in [0.1, 0.15) is 74.2 Å². The predicted molar refractivity (Wildman–Crippen MR) is 96.6 cm³/mol. The van der Waals surface area contributed by atoms with Crippen LogP contribution in [0.5, 0.6) is 0 Å². The van der Waals surface area contributed by atoms with E-state index in [-0.39, 0.29) is 29.0 Å². The second-order valence-electron chi connectivity index (χ2n) is 7.84. The van der Waals surface area contributed by atoms with Crippen molar-refractivity contribution in [2.45, 2.75) is 64.2 Å². The van der Waals surface area contributed by atoms with Gasteiger partial charge >= 0.3 is 0 Å². The van der Waals surface area contributed by atoms with E-state index < -0.39 is 6.43 Å². The molecule has 27 heavy (non-hydrogen) atoms. The third kappa shape index (κ3) is 3.56. The molecule has 0 spiro atoms. The van der Waals surface area contributed by atoms with Gasteiger partial charge in [-0.15, -0.1) is 0 Å². The van der Waals surface area contributed by atoms with Gasteiger partial charge in [-0.3, -0.25) is 4.79 Å². The van der Waals surface area contributed by atoms with Crippen LogP contribution in [0.3, 0.4) is 0 Å². The second-order valence-corrected chi connectivity index (χ2v) is 7.84. The number of aromatic nitrogens is 2. The maximum atomic E-state index is 13.6. The Morgan fingerprint density at radius 3 is 2.74 bits per heavy atom. The normalized spacial score (nSPS) is 21.9. The van der Waals surface area contributed by atoms with Gasteiger partial charge in [-0.05, 0) is 38.7 Å². The first kappa shape index (κ1) is 18.3. The number of halogens is 2. The molecule has 5 nitrogen and oxygen atoms in total. The summed E-state index contributed by atoms with van der Waals surface area (Å²) in [7, 11) is 0. The number of likely N-dealkylation sites (tertiary alicyclic amines) is 1. The molecule has 1 saturated heterocycles. The molecule has 4 rings (SSSR count). The quantitative estimate of drug-likeness (QED) is 0.774. The van der Waals surface area contributed by atoms with Gasteiger partial charge in [-0.1, -0.05) is 24.4 Å². The molecule has 0 bridgehead atoms. The van der Waals surface area contributed by atoms with Gasteiger partial charge in [-0.25, -0.2) is 13.8 Å². The number of piperidine rings is 1. The van der Waals surface area contributed by atoms with Crippen LogP contribution in [0, 0.1) is 12.8 Å². The molecule has 0 N–H and O–H groups in total. The molecule has 0 aromatic carbocycles. The van der Waals surface area contributed by atoms with E-state index in [1.165, 1.54) is 12.5 Å². The summed E-state index contributed by atoms with van der Waals surface area (Å²) in [6.07, 6.45) is 4.47. The lowest BCUT2D eigenvalue weighted by Crippen LogP contribution is -2.43. The number of carbonyl (C=O) groups excluding carboxylic acids is 1. The fraction of sp³-hybridized carbons (Fsp3) is 0.650. The highest BCUT2D eigenvalue weighted by Gasteiger charge is 2.32. The zero-order valence-corrected chi connectivity index (χ0v) is 15.6. The molecule has 2 aliphatic rings. The van der Waals surface area contributed by atoms with Gasteiger partial charge in [0.15, 0.2) is 0 Å². The van der Waals surface area contributed by atoms with E-state index >= 15 is 0 Å². The number of alkyl halides is 2. The van der Waals surface area contributed by atoms with Crippen molar-refractivity contribution in [2.75, 3.05) is 13.1 Å². The van der Waals surface area contributed by atoms with Crippen molar-refractivity contribution >= 4 is 17.0 Å². The Morgan fingerprint density at radius 1 is 1.22 bits per heavy atom. The molecule has 1 amide bonds. The average molecular weight is 377 g/mol. The third-order valence-corrected chi connectivity index (χ3v) is 6.01. The van der Waals surface area contributed by atoms with Crippen molar-refractivity contribution in [3.8, 4) is 0 Å². The highest BCUT2D eigenvalue weighted by atomic mass is 19.3. The van der Waals surface area contributed by atoms with Crippen molar-refractivity contribution in [2.24, 2.45) is 5.92 Å². The molecule has 0 radical (unpaired) electrons. The molecule has 146 valence electrons. The number of nitrogens with zero attached hydrogens (tertiary/aromatic N) is 3. The Balaban J connectivity index is 1.58. The summed E-state index contributed by atoms with van der Waals surface area (Å²) >= 11 is 0. The van der Waals surface area contributed by atoms with Crippen LogP contribution in [-0.2, 0) is 4.79 Å². The SMILES string of the molecule is Cc1noc2nc(C3CCCN(C(=O)C4CCCCC4)C3)cc(C(F)F)c12. The maximum Gasteiger partial charge on any atom is 0.264 e. The zero-order valence-electron chi connectivity index (χ0n) is 15.6. The molecule has 1 unspecified atom stereocenters. The monoisotopic (exact) mass is 377 g/mol. The molecule has 2 fully saturated rings. The molecule has 1 aliphatic heterocycles. The van der Waals surface area contributed by atoms with Gasteiger partial charge in [0.25, 0.3) is 12.1 Å². The van der Waals surface area contributed by atoms with Crippen LogP contribution < -0.4 is 0 Å². The van der Waals surface area contributed by atoms with Crippen LogP contribution in [-0.4, -0.2) is 34.0 Å². The Labute approximate surface area is 157 Å². The summed E-state index contributed by atoms with van der Waals surface area (Å²) in [5.74, 6) is 0.310. The lowest BCUT2D eigenvalue weighted by molar-refractivity contribution is -0.137. The number of pyridine rings is 1. The summed E-state index contributed by atoms with van der Waals surface area (Å²) < 4.78 is 32.3. The average Bonchev–Trinajstić information content (AvgIpc) is 3.08. The topological polar surface area (TPSA) is 59.2 Å². The van der Waals surface area contributed by atoms with Gasteiger partial charge in [0, 0.05) is 36.2 Å². The van der Waals surface area contributed by atoms with Gasteiger partial charge in [-0.2, -0.15) is 0 Å². The minimum Gasteiger partial charge on any atom is -0.342 e. The number of hydrogen-bond donors (Lipinski definition) is 0. The Hall–Kier alpha value is -2.05. The number of fused-ring (bicyclic) bond motifs is 1. The fourth-order valence-corrected chi connectivity index (χ4v) is 4.56. The molecule has 1 saturated carbocycles. The summed E-state index contributed by atoms with van der Waals surface area (Å²) in [5.41, 5.74) is 1.09. The Morgan fingerprint density at radius 2 is 2.00 bits per heavy atom. The van der Waals surface area contributed by atoms with Gasteiger partial charge in [0.2, 0.25) is 5.91 Å². The zero-order chi connectivity index (χ0) is 19.0. The number of amides is 1. The maximum absolute atomic E-state index is 13.6. The first-order valence-corrected chi connectivity index (χ1v) is 9.88. The summed E-state index contributed by atoms with van der Waals surface area (Å²) in [5, 5.41) is 4.10. The van der Waals surface area contributed by atoms with E-state index in [2.05, 4.69) is 10.1 Å². The number of rotatable bonds is 3. The van der Waals surface area contributed by atoms with E-state index in [1.54, 1.807) is 6.92 Å². The van der Waals surface area contributed by atoms with Crippen molar-refractivity contribution in [3.05, 3.63) is 23.0 Å². The van der Waals surface area contributed by atoms with Gasteiger partial charge in [0.1, 0.15) is 0 Å². The number of hydrogen-bond acceptors (Lipinski definition) is 4.